The Morgan fingerprint density at radius 2 is 1.77 bits per heavy atom. The maximum Gasteiger partial charge on any atom is 0.151 e. The van der Waals surface area contributed by atoms with Crippen LogP contribution in [0.4, 0.5) is 5.82 Å². The highest BCUT2D eigenvalue weighted by Gasteiger charge is 2.07. The Hall–Kier alpha value is -3.21. The van der Waals surface area contributed by atoms with Crippen molar-refractivity contribution >= 4 is 18.0 Å². The molecule has 3 rings (SSSR count). The largest absolute Gasteiger partial charge is 0.508 e. The Labute approximate surface area is 127 Å². The maximum absolute atomic E-state index is 9.27. The molecular weight excluding hydrogens is 276 g/mol. The van der Waals surface area contributed by atoms with Gasteiger partial charge in [-0.05, 0) is 35.9 Å². The van der Waals surface area contributed by atoms with Crippen molar-refractivity contribution in [2.75, 3.05) is 5.73 Å². The molecule has 5 heteroatoms. The van der Waals surface area contributed by atoms with Crippen LogP contribution in [0.5, 0.6) is 5.75 Å². The zero-order chi connectivity index (χ0) is 15.4. The summed E-state index contributed by atoms with van der Waals surface area (Å²) in [5.41, 5.74) is 8.77. The minimum absolute atomic E-state index is 0.238. The molecule has 0 atom stereocenters. The molecule has 0 aliphatic carbocycles. The number of hydrogen-bond acceptors (Lipinski definition) is 5. The molecule has 3 aromatic rings. The first-order valence-corrected chi connectivity index (χ1v) is 6.73. The maximum atomic E-state index is 9.27. The van der Waals surface area contributed by atoms with Crippen molar-refractivity contribution in [3.63, 3.8) is 0 Å². The van der Waals surface area contributed by atoms with Gasteiger partial charge in [-0.2, -0.15) is 0 Å². The number of anilines is 1. The summed E-state index contributed by atoms with van der Waals surface area (Å²) < 4.78 is 0. The van der Waals surface area contributed by atoms with E-state index in [0.717, 1.165) is 5.56 Å². The predicted molar refractivity (Wildman–Crippen MR) is 86.7 cm³/mol. The average Bonchev–Trinajstić information content (AvgIpc) is 2.56. The van der Waals surface area contributed by atoms with Crippen LogP contribution >= 0.6 is 0 Å². The van der Waals surface area contributed by atoms with Crippen molar-refractivity contribution in [1.82, 2.24) is 15.0 Å². The van der Waals surface area contributed by atoms with E-state index in [1.54, 1.807) is 24.5 Å². The second-order valence-corrected chi connectivity index (χ2v) is 4.67. The van der Waals surface area contributed by atoms with Crippen molar-refractivity contribution in [1.29, 1.82) is 0 Å². The van der Waals surface area contributed by atoms with Crippen molar-refractivity contribution in [2.45, 2.75) is 0 Å². The number of phenolic OH excluding ortho intramolecular Hbond substituents is 1. The van der Waals surface area contributed by atoms with Crippen LogP contribution in [0.2, 0.25) is 0 Å². The minimum atomic E-state index is 0.238. The van der Waals surface area contributed by atoms with Gasteiger partial charge < -0.3 is 10.8 Å². The van der Waals surface area contributed by atoms with Gasteiger partial charge in [-0.3, -0.25) is 4.98 Å². The third-order valence-corrected chi connectivity index (χ3v) is 3.07. The molecule has 0 unspecified atom stereocenters. The van der Waals surface area contributed by atoms with Crippen LogP contribution in [0, 0.1) is 0 Å². The standard InChI is InChI=1S/C17H14N4O/c18-17-16(15-3-1-2-10-19-15)21-13(11-20-17)7-4-12-5-8-14(22)9-6-12/h1-11,22H,(H2,18,20). The number of nitrogens with two attached hydrogens (primary N) is 1. The van der Waals surface area contributed by atoms with Gasteiger partial charge in [0.05, 0.1) is 17.6 Å². The number of nitrogen functional groups attached to an aromatic ring is 1. The fourth-order valence-corrected chi connectivity index (χ4v) is 1.95. The van der Waals surface area contributed by atoms with E-state index >= 15 is 0 Å². The van der Waals surface area contributed by atoms with Crippen LogP contribution in [0.15, 0.2) is 54.9 Å². The molecule has 3 N–H and O–H groups in total. The highest BCUT2D eigenvalue weighted by atomic mass is 16.3. The Morgan fingerprint density at radius 3 is 2.50 bits per heavy atom. The summed E-state index contributed by atoms with van der Waals surface area (Å²) in [6, 6.07) is 12.5. The number of aromatic hydroxyl groups is 1. The smallest absolute Gasteiger partial charge is 0.151 e. The summed E-state index contributed by atoms with van der Waals surface area (Å²) >= 11 is 0. The Kier molecular flexibility index (Phi) is 3.78. The van der Waals surface area contributed by atoms with Crippen LogP contribution in [-0.4, -0.2) is 20.1 Å². The summed E-state index contributed by atoms with van der Waals surface area (Å²) in [5.74, 6) is 0.586. The molecule has 0 fully saturated rings. The first kappa shape index (κ1) is 13.8. The molecule has 0 bridgehead atoms. The molecule has 0 spiro atoms. The molecule has 2 heterocycles. The van der Waals surface area contributed by atoms with E-state index in [1.807, 2.05) is 42.5 Å². The van der Waals surface area contributed by atoms with E-state index in [-0.39, 0.29) is 5.75 Å². The van der Waals surface area contributed by atoms with Gasteiger partial charge in [0.25, 0.3) is 0 Å². The number of hydrogen-bond donors (Lipinski definition) is 2. The Morgan fingerprint density at radius 1 is 0.955 bits per heavy atom. The summed E-state index contributed by atoms with van der Waals surface area (Å²) in [4.78, 5) is 12.9. The molecule has 0 aliphatic heterocycles. The van der Waals surface area contributed by atoms with Gasteiger partial charge >= 0.3 is 0 Å². The van der Waals surface area contributed by atoms with Gasteiger partial charge in [-0.25, -0.2) is 9.97 Å². The minimum Gasteiger partial charge on any atom is -0.508 e. The molecule has 0 radical (unpaired) electrons. The van der Waals surface area contributed by atoms with E-state index in [1.165, 1.54) is 0 Å². The van der Waals surface area contributed by atoms with E-state index in [4.69, 9.17) is 5.73 Å². The first-order chi connectivity index (χ1) is 10.7. The topological polar surface area (TPSA) is 84.9 Å². The van der Waals surface area contributed by atoms with E-state index in [0.29, 0.717) is 22.9 Å². The van der Waals surface area contributed by atoms with Crippen molar-refractivity contribution in [2.24, 2.45) is 0 Å². The summed E-state index contributed by atoms with van der Waals surface area (Å²) in [5, 5.41) is 9.27. The van der Waals surface area contributed by atoms with Crippen molar-refractivity contribution < 1.29 is 5.11 Å². The van der Waals surface area contributed by atoms with E-state index < -0.39 is 0 Å². The number of benzene rings is 1. The monoisotopic (exact) mass is 290 g/mol. The van der Waals surface area contributed by atoms with Crippen LogP contribution in [-0.2, 0) is 0 Å². The highest BCUT2D eigenvalue weighted by molar-refractivity contribution is 5.72. The van der Waals surface area contributed by atoms with Crippen molar-refractivity contribution in [3.8, 4) is 17.1 Å². The van der Waals surface area contributed by atoms with Crippen LogP contribution in [0.3, 0.4) is 0 Å². The lowest BCUT2D eigenvalue weighted by Gasteiger charge is -2.04. The number of pyridine rings is 1. The zero-order valence-corrected chi connectivity index (χ0v) is 11.7. The van der Waals surface area contributed by atoms with Gasteiger partial charge in [0.15, 0.2) is 5.82 Å². The molecule has 22 heavy (non-hydrogen) atoms. The lowest BCUT2D eigenvalue weighted by atomic mass is 10.2. The average molecular weight is 290 g/mol. The van der Waals surface area contributed by atoms with Gasteiger partial charge in [-0.15, -0.1) is 0 Å². The first-order valence-electron chi connectivity index (χ1n) is 6.73. The molecular formula is C17H14N4O. The molecule has 0 saturated carbocycles. The van der Waals surface area contributed by atoms with E-state index in [9.17, 15) is 5.11 Å². The van der Waals surface area contributed by atoms with Gasteiger partial charge in [0.1, 0.15) is 11.4 Å². The third-order valence-electron chi connectivity index (χ3n) is 3.07. The Bertz CT molecular complexity index is 799. The second kappa shape index (κ2) is 6.05. The fourth-order valence-electron chi connectivity index (χ4n) is 1.95. The molecule has 2 aromatic heterocycles. The number of nitrogens with zero attached hydrogens (tertiary/aromatic N) is 3. The van der Waals surface area contributed by atoms with Crippen LogP contribution < -0.4 is 5.73 Å². The molecule has 108 valence electrons. The number of aromatic nitrogens is 3. The van der Waals surface area contributed by atoms with Crippen LogP contribution in [0.25, 0.3) is 23.5 Å². The number of rotatable bonds is 3. The fraction of sp³-hybridized carbons (Fsp3) is 0. The van der Waals surface area contributed by atoms with E-state index in [2.05, 4.69) is 15.0 Å². The second-order valence-electron chi connectivity index (χ2n) is 4.67. The van der Waals surface area contributed by atoms with Crippen molar-refractivity contribution in [3.05, 3.63) is 66.1 Å². The molecule has 0 amide bonds. The molecule has 0 saturated heterocycles. The zero-order valence-electron chi connectivity index (χ0n) is 11.7. The quantitative estimate of drug-likeness (QED) is 0.774. The lowest BCUT2D eigenvalue weighted by Crippen LogP contribution is -1.99. The van der Waals surface area contributed by atoms with Gasteiger partial charge in [0.2, 0.25) is 0 Å². The van der Waals surface area contributed by atoms with Gasteiger partial charge in [-0.1, -0.05) is 24.3 Å². The Balaban J connectivity index is 1.91. The lowest BCUT2D eigenvalue weighted by molar-refractivity contribution is 0.475. The highest BCUT2D eigenvalue weighted by Crippen LogP contribution is 2.20. The summed E-state index contributed by atoms with van der Waals surface area (Å²) in [6.45, 7) is 0. The summed E-state index contributed by atoms with van der Waals surface area (Å²) in [7, 11) is 0. The SMILES string of the molecule is Nc1ncc(C=Cc2ccc(O)cc2)nc1-c1ccccn1. The van der Waals surface area contributed by atoms with Gasteiger partial charge in [0, 0.05) is 6.20 Å². The molecule has 5 nitrogen and oxygen atoms in total. The van der Waals surface area contributed by atoms with Crippen LogP contribution in [0.1, 0.15) is 11.3 Å². The molecule has 1 aromatic carbocycles. The molecule has 0 aliphatic rings. The predicted octanol–water partition coefficient (Wildman–Crippen LogP) is 3.00. The third kappa shape index (κ3) is 3.09. The number of phenols is 1. The summed E-state index contributed by atoms with van der Waals surface area (Å²) in [6.07, 6.45) is 7.03. The normalized spacial score (nSPS) is 10.9.